The van der Waals surface area contributed by atoms with Crippen LogP contribution in [0.15, 0.2) is 30.3 Å². The minimum Gasteiger partial charge on any atom is -0.494 e. The molecule has 0 saturated carbocycles. The van der Waals surface area contributed by atoms with Crippen LogP contribution in [0.1, 0.15) is 47.2 Å². The van der Waals surface area contributed by atoms with E-state index in [0.29, 0.717) is 6.61 Å². The fourth-order valence-electron chi connectivity index (χ4n) is 2.56. The summed E-state index contributed by atoms with van der Waals surface area (Å²) < 4.78 is 5.54. The van der Waals surface area contributed by atoms with Crippen molar-refractivity contribution in [1.82, 2.24) is 5.32 Å². The average molecular weight is 303 g/mol. The normalized spacial score (nSPS) is 12.4. The maximum Gasteiger partial charge on any atom is 0.119 e. The van der Waals surface area contributed by atoms with Crippen molar-refractivity contribution in [2.45, 2.75) is 40.2 Å². The molecule has 2 aromatic rings. The lowest BCUT2D eigenvalue weighted by Crippen LogP contribution is -2.23. The van der Waals surface area contributed by atoms with Gasteiger partial charge in [0.2, 0.25) is 0 Å². The lowest BCUT2D eigenvalue weighted by molar-refractivity contribution is 0.340. The van der Waals surface area contributed by atoms with E-state index in [1.807, 2.05) is 18.3 Å². The van der Waals surface area contributed by atoms with Gasteiger partial charge in [0.1, 0.15) is 5.75 Å². The van der Waals surface area contributed by atoms with E-state index in [9.17, 15) is 0 Å². The monoisotopic (exact) mass is 303 g/mol. The SMILES string of the molecule is CCCNC(c1ccc(OCC)cc1)c1cc(C)sc1C. The van der Waals surface area contributed by atoms with Crippen LogP contribution in [0.5, 0.6) is 5.75 Å². The Morgan fingerprint density at radius 3 is 2.38 bits per heavy atom. The van der Waals surface area contributed by atoms with E-state index < -0.39 is 0 Å². The Morgan fingerprint density at radius 2 is 1.86 bits per heavy atom. The number of thiophene rings is 1. The van der Waals surface area contributed by atoms with Crippen LogP contribution in [0.25, 0.3) is 0 Å². The highest BCUT2D eigenvalue weighted by Crippen LogP contribution is 2.31. The van der Waals surface area contributed by atoms with Gasteiger partial charge in [0.25, 0.3) is 0 Å². The van der Waals surface area contributed by atoms with E-state index in [0.717, 1.165) is 18.7 Å². The molecule has 0 aliphatic heterocycles. The molecule has 0 fully saturated rings. The lowest BCUT2D eigenvalue weighted by atomic mass is 9.98. The fraction of sp³-hybridized carbons (Fsp3) is 0.444. The van der Waals surface area contributed by atoms with Crippen molar-refractivity contribution < 1.29 is 4.74 Å². The van der Waals surface area contributed by atoms with Gasteiger partial charge in [-0.15, -0.1) is 11.3 Å². The van der Waals surface area contributed by atoms with Gasteiger partial charge >= 0.3 is 0 Å². The third kappa shape index (κ3) is 4.08. The van der Waals surface area contributed by atoms with E-state index in [1.54, 1.807) is 0 Å². The van der Waals surface area contributed by atoms with E-state index in [-0.39, 0.29) is 6.04 Å². The van der Waals surface area contributed by atoms with Crippen LogP contribution in [-0.4, -0.2) is 13.2 Å². The number of nitrogens with one attached hydrogen (secondary N) is 1. The van der Waals surface area contributed by atoms with Crippen molar-refractivity contribution in [1.29, 1.82) is 0 Å². The third-order valence-corrected chi connectivity index (χ3v) is 4.49. The molecule has 2 nitrogen and oxygen atoms in total. The van der Waals surface area contributed by atoms with Gasteiger partial charge in [-0.25, -0.2) is 0 Å². The summed E-state index contributed by atoms with van der Waals surface area (Å²) in [6.45, 7) is 10.3. The van der Waals surface area contributed by atoms with E-state index in [1.165, 1.54) is 20.9 Å². The quantitative estimate of drug-likeness (QED) is 0.789. The molecule has 0 amide bonds. The van der Waals surface area contributed by atoms with Crippen molar-refractivity contribution in [2.24, 2.45) is 0 Å². The summed E-state index contributed by atoms with van der Waals surface area (Å²) in [5.41, 5.74) is 2.70. The molecule has 3 heteroatoms. The predicted octanol–water partition coefficient (Wildman–Crippen LogP) is 4.85. The molecule has 1 N–H and O–H groups in total. The van der Waals surface area contributed by atoms with Gasteiger partial charge in [-0.3, -0.25) is 0 Å². The van der Waals surface area contributed by atoms with Crippen molar-refractivity contribution in [2.75, 3.05) is 13.2 Å². The molecule has 0 radical (unpaired) electrons. The molecule has 2 rings (SSSR count). The zero-order chi connectivity index (χ0) is 15.2. The van der Waals surface area contributed by atoms with Crippen molar-refractivity contribution in [3.63, 3.8) is 0 Å². The summed E-state index contributed by atoms with van der Waals surface area (Å²) in [5, 5.41) is 3.67. The van der Waals surface area contributed by atoms with Crippen molar-refractivity contribution >= 4 is 11.3 Å². The van der Waals surface area contributed by atoms with E-state index in [2.05, 4.69) is 56.4 Å². The Morgan fingerprint density at radius 1 is 1.14 bits per heavy atom. The van der Waals surface area contributed by atoms with Gasteiger partial charge in [-0.1, -0.05) is 19.1 Å². The fourth-order valence-corrected chi connectivity index (χ4v) is 3.52. The lowest BCUT2D eigenvalue weighted by Gasteiger charge is -2.20. The largest absolute Gasteiger partial charge is 0.494 e. The highest BCUT2D eigenvalue weighted by molar-refractivity contribution is 7.12. The number of ether oxygens (including phenoxy) is 1. The van der Waals surface area contributed by atoms with E-state index in [4.69, 9.17) is 4.74 Å². The molecule has 0 spiro atoms. The highest BCUT2D eigenvalue weighted by atomic mass is 32.1. The number of aryl methyl sites for hydroxylation is 2. The van der Waals surface area contributed by atoms with Crippen LogP contribution in [0.3, 0.4) is 0 Å². The third-order valence-electron chi connectivity index (χ3n) is 3.51. The van der Waals surface area contributed by atoms with Gasteiger partial charge in [0.05, 0.1) is 12.6 Å². The molecule has 21 heavy (non-hydrogen) atoms. The molecule has 0 saturated heterocycles. The number of hydrogen-bond donors (Lipinski definition) is 1. The Labute approximate surface area is 132 Å². The smallest absolute Gasteiger partial charge is 0.119 e. The van der Waals surface area contributed by atoms with Gasteiger partial charge in [0.15, 0.2) is 0 Å². The van der Waals surface area contributed by atoms with Crippen LogP contribution in [0.2, 0.25) is 0 Å². The second-order valence-corrected chi connectivity index (χ2v) is 6.72. The Hall–Kier alpha value is -1.32. The average Bonchev–Trinajstić information content (AvgIpc) is 2.80. The first-order valence-corrected chi connectivity index (χ1v) is 8.50. The molecule has 1 unspecified atom stereocenters. The van der Waals surface area contributed by atoms with E-state index >= 15 is 0 Å². The number of hydrogen-bond acceptors (Lipinski definition) is 3. The summed E-state index contributed by atoms with van der Waals surface area (Å²) >= 11 is 1.87. The summed E-state index contributed by atoms with van der Waals surface area (Å²) in [4.78, 5) is 2.77. The molecule has 1 aromatic carbocycles. The van der Waals surface area contributed by atoms with Crippen LogP contribution >= 0.6 is 11.3 Å². The minimum atomic E-state index is 0.269. The summed E-state index contributed by atoms with van der Waals surface area (Å²) in [5.74, 6) is 0.939. The van der Waals surface area contributed by atoms with Crippen LogP contribution < -0.4 is 10.1 Å². The zero-order valence-electron chi connectivity index (χ0n) is 13.4. The highest BCUT2D eigenvalue weighted by Gasteiger charge is 2.17. The van der Waals surface area contributed by atoms with Gasteiger partial charge < -0.3 is 10.1 Å². The first kappa shape index (κ1) is 16.1. The first-order valence-electron chi connectivity index (χ1n) is 7.68. The number of benzene rings is 1. The van der Waals surface area contributed by atoms with Crippen LogP contribution in [-0.2, 0) is 0 Å². The van der Waals surface area contributed by atoms with Crippen LogP contribution in [0, 0.1) is 13.8 Å². The van der Waals surface area contributed by atoms with Gasteiger partial charge in [-0.05, 0) is 63.1 Å². The van der Waals surface area contributed by atoms with Crippen LogP contribution in [0.4, 0.5) is 0 Å². The molecular formula is C18H25NOS. The standard InChI is InChI=1S/C18H25NOS/c1-5-11-19-18(17-12-13(3)21-14(17)4)15-7-9-16(10-8-15)20-6-2/h7-10,12,18-19H,5-6,11H2,1-4H3. The Kier molecular flexibility index (Phi) is 5.83. The summed E-state index contributed by atoms with van der Waals surface area (Å²) in [6.07, 6.45) is 1.13. The Balaban J connectivity index is 2.28. The second-order valence-electron chi connectivity index (χ2n) is 5.26. The molecular weight excluding hydrogens is 278 g/mol. The Bertz CT molecular complexity index is 559. The summed E-state index contributed by atoms with van der Waals surface area (Å²) in [7, 11) is 0. The van der Waals surface area contributed by atoms with Crippen molar-refractivity contribution in [3.8, 4) is 5.75 Å². The topological polar surface area (TPSA) is 21.3 Å². The maximum atomic E-state index is 5.54. The molecule has 1 atom stereocenters. The molecule has 0 aliphatic carbocycles. The molecule has 0 aliphatic rings. The molecule has 0 bridgehead atoms. The van der Waals surface area contributed by atoms with Crippen molar-refractivity contribution in [3.05, 3.63) is 51.2 Å². The maximum absolute atomic E-state index is 5.54. The number of rotatable bonds is 7. The van der Waals surface area contributed by atoms with Gasteiger partial charge in [0, 0.05) is 9.75 Å². The first-order chi connectivity index (χ1) is 10.2. The summed E-state index contributed by atoms with van der Waals surface area (Å²) in [6, 6.07) is 11.0. The zero-order valence-corrected chi connectivity index (χ0v) is 14.2. The molecule has 114 valence electrons. The predicted molar refractivity (Wildman–Crippen MR) is 91.5 cm³/mol. The molecule has 1 heterocycles. The minimum absolute atomic E-state index is 0.269. The molecule has 1 aromatic heterocycles. The van der Waals surface area contributed by atoms with Gasteiger partial charge in [-0.2, -0.15) is 0 Å². The second kappa shape index (κ2) is 7.62.